The molecule has 0 radical (unpaired) electrons. The number of hydrogen-bond donors (Lipinski definition) is 4. The zero-order valence-corrected chi connectivity index (χ0v) is 14.9. The summed E-state index contributed by atoms with van der Waals surface area (Å²) in [5, 5.41) is 37.1. The van der Waals surface area contributed by atoms with Crippen LogP contribution in [0.15, 0.2) is 27.8 Å². The molecule has 1 aliphatic heterocycles. The monoisotopic (exact) mass is 390 g/mol. The molecule has 4 N–H and O–H groups in total. The van der Waals surface area contributed by atoms with Crippen LogP contribution >= 0.6 is 0 Å². The maximum Gasteiger partial charge on any atom is 0.339 e. The third-order valence-electron chi connectivity index (χ3n) is 4.01. The Labute approximate surface area is 160 Å². The van der Waals surface area contributed by atoms with Crippen LogP contribution in [0.2, 0.25) is 0 Å². The van der Waals surface area contributed by atoms with Crippen molar-refractivity contribution >= 4 is 5.97 Å². The topological polar surface area (TPSA) is 141 Å². The van der Waals surface area contributed by atoms with Crippen molar-refractivity contribution in [1.29, 1.82) is 0 Å². The van der Waals surface area contributed by atoms with Gasteiger partial charge in [-0.2, -0.15) is 0 Å². The molecule has 0 aliphatic carbocycles. The summed E-state index contributed by atoms with van der Waals surface area (Å²) >= 11 is 0. The van der Waals surface area contributed by atoms with Crippen molar-refractivity contribution in [2.75, 3.05) is 0 Å². The van der Waals surface area contributed by atoms with Gasteiger partial charge < -0.3 is 25.2 Å². The van der Waals surface area contributed by atoms with Crippen molar-refractivity contribution in [2.45, 2.75) is 34.8 Å². The average Bonchev–Trinajstić information content (AvgIpc) is 2.91. The molecule has 0 atom stereocenters. The van der Waals surface area contributed by atoms with Crippen molar-refractivity contribution < 1.29 is 30.0 Å². The maximum atomic E-state index is 11.3. The van der Waals surface area contributed by atoms with E-state index in [0.717, 1.165) is 6.07 Å². The second-order valence-electron chi connectivity index (χ2n) is 6.08. The summed E-state index contributed by atoms with van der Waals surface area (Å²) in [6, 6.07) is 4.01. The van der Waals surface area contributed by atoms with E-state index in [4.69, 9.17) is 9.84 Å². The quantitative estimate of drug-likeness (QED) is 0.501. The second-order valence-corrected chi connectivity index (χ2v) is 6.08. The first-order chi connectivity index (χ1) is 12.5. The highest BCUT2D eigenvalue weighted by Crippen LogP contribution is 2.31. The molecule has 2 aromatic carbocycles. The van der Waals surface area contributed by atoms with Crippen molar-refractivity contribution in [2.24, 2.45) is 0 Å². The Bertz CT molecular complexity index is 1060. The number of carbonyl (C=O) groups is 1. The lowest BCUT2D eigenvalue weighted by atomic mass is 10.1. The summed E-state index contributed by atoms with van der Waals surface area (Å²) in [6.45, 7) is 4.80. The van der Waals surface area contributed by atoms with Gasteiger partial charge in [0.2, 0.25) is 22.4 Å². The Morgan fingerprint density at radius 2 is 1.32 bits per heavy atom. The zero-order valence-electron chi connectivity index (χ0n) is 14.9. The molecular formula is C20H22O8. The molecule has 1 heterocycles. The van der Waals surface area contributed by atoms with E-state index in [-0.39, 0.29) is 30.9 Å². The largest absolute Gasteiger partial charge is 0.504 e. The third-order valence-corrected chi connectivity index (χ3v) is 4.01. The summed E-state index contributed by atoms with van der Waals surface area (Å²) in [5.74, 6) is -2.82. The fraction of sp³-hybridized carbons (Fsp3) is 0.250. The summed E-state index contributed by atoms with van der Waals surface area (Å²) in [7, 11) is 0. The molecule has 0 fully saturated rings. The molecule has 0 unspecified atom stereocenters. The molecule has 0 saturated heterocycles. The van der Waals surface area contributed by atoms with Gasteiger partial charge in [0.05, 0.1) is 5.56 Å². The van der Waals surface area contributed by atoms with Crippen LogP contribution in [0.1, 0.15) is 40.0 Å². The van der Waals surface area contributed by atoms with Gasteiger partial charge >= 0.3 is 5.97 Å². The molecule has 8 heteroatoms. The summed E-state index contributed by atoms with van der Waals surface area (Å²) < 4.78 is 4.73. The number of esters is 1. The molecule has 3 rings (SSSR count). The maximum absolute atomic E-state index is 11.3. The predicted octanol–water partition coefficient (Wildman–Crippen LogP) is 2.15. The van der Waals surface area contributed by atoms with E-state index >= 15 is 0 Å². The standard InChI is InChI=1S/C10H8O5.C9H10O3.CH4/c1-4-7-5(3-15-10(7)14)2-6(11)9(13)8(4)12;1-5-3-6(2)8(11)9(12)7(10)4-5;/h2H,3H2,1H3,(H2,11,12,13);3-4H,1-2H3,(H2,10,11,12);1H4. The van der Waals surface area contributed by atoms with E-state index in [1.54, 1.807) is 19.9 Å². The highest BCUT2D eigenvalue weighted by atomic mass is 16.5. The van der Waals surface area contributed by atoms with Crippen LogP contribution in [-0.2, 0) is 11.3 Å². The van der Waals surface area contributed by atoms with Crippen LogP contribution in [0.3, 0.4) is 0 Å². The molecule has 8 nitrogen and oxygen atoms in total. The molecule has 150 valence electrons. The molecular weight excluding hydrogens is 368 g/mol. The van der Waals surface area contributed by atoms with Crippen molar-refractivity contribution in [3.63, 3.8) is 0 Å². The average molecular weight is 390 g/mol. The van der Waals surface area contributed by atoms with Gasteiger partial charge in [-0.05, 0) is 44.0 Å². The van der Waals surface area contributed by atoms with E-state index in [1.165, 1.54) is 13.0 Å². The van der Waals surface area contributed by atoms with Crippen LogP contribution in [0.4, 0.5) is 0 Å². The highest BCUT2D eigenvalue weighted by molar-refractivity contribution is 5.95. The molecule has 0 bridgehead atoms. The van der Waals surface area contributed by atoms with E-state index < -0.39 is 34.1 Å². The van der Waals surface area contributed by atoms with Gasteiger partial charge in [-0.25, -0.2) is 4.79 Å². The van der Waals surface area contributed by atoms with Crippen LogP contribution < -0.4 is 10.9 Å². The van der Waals surface area contributed by atoms with Gasteiger partial charge in [-0.15, -0.1) is 0 Å². The van der Waals surface area contributed by atoms with Crippen LogP contribution in [0, 0.1) is 20.8 Å². The van der Waals surface area contributed by atoms with E-state index in [9.17, 15) is 29.7 Å². The number of fused-ring (bicyclic) bond motifs is 1. The molecule has 0 spiro atoms. The lowest BCUT2D eigenvalue weighted by molar-refractivity contribution is 0.0534. The Hall–Kier alpha value is -3.55. The number of rotatable bonds is 0. The summed E-state index contributed by atoms with van der Waals surface area (Å²) in [6.07, 6.45) is 0. The lowest BCUT2D eigenvalue weighted by Crippen LogP contribution is -1.96. The minimum atomic E-state index is -0.741. The first-order valence-corrected chi connectivity index (χ1v) is 7.84. The van der Waals surface area contributed by atoms with Crippen LogP contribution in [0.25, 0.3) is 0 Å². The number of aryl methyl sites for hydroxylation is 2. The number of aromatic hydroxyl groups is 4. The second kappa shape index (κ2) is 8.43. The SMILES string of the molecule is C.Cc1c(O)c(O)c(=O)cc2c1C(=O)OC2.Cc1cc(C)c(O)c(O)c(=O)c1. The zero-order chi connectivity index (χ0) is 20.5. The van der Waals surface area contributed by atoms with Gasteiger partial charge in [0.15, 0.2) is 11.5 Å². The van der Waals surface area contributed by atoms with Crippen molar-refractivity contribution in [1.82, 2.24) is 0 Å². The van der Waals surface area contributed by atoms with E-state index in [1.807, 2.05) is 0 Å². The molecule has 1 aliphatic rings. The molecule has 28 heavy (non-hydrogen) atoms. The van der Waals surface area contributed by atoms with E-state index in [0.29, 0.717) is 16.7 Å². The minimum Gasteiger partial charge on any atom is -0.504 e. The van der Waals surface area contributed by atoms with Gasteiger partial charge in [0.1, 0.15) is 6.61 Å². The normalized spacial score (nSPS) is 11.5. The van der Waals surface area contributed by atoms with Crippen molar-refractivity contribution in [3.8, 4) is 23.0 Å². The Kier molecular flexibility index (Phi) is 6.77. The van der Waals surface area contributed by atoms with Gasteiger partial charge in [-0.3, -0.25) is 9.59 Å². The number of cyclic esters (lactones) is 1. The lowest BCUT2D eigenvalue weighted by Gasteiger charge is -1.97. The van der Waals surface area contributed by atoms with Gasteiger partial charge in [-0.1, -0.05) is 13.5 Å². The summed E-state index contributed by atoms with van der Waals surface area (Å²) in [5.41, 5.74) is 0.628. The van der Waals surface area contributed by atoms with Crippen molar-refractivity contribution in [3.05, 3.63) is 66.5 Å². The Morgan fingerprint density at radius 1 is 0.786 bits per heavy atom. The number of ether oxygens (including phenoxy) is 1. The minimum absolute atomic E-state index is 0. The predicted molar refractivity (Wildman–Crippen MR) is 102 cm³/mol. The highest BCUT2D eigenvalue weighted by Gasteiger charge is 2.26. The fourth-order valence-corrected chi connectivity index (χ4v) is 2.60. The van der Waals surface area contributed by atoms with E-state index in [2.05, 4.69) is 0 Å². The van der Waals surface area contributed by atoms with Gasteiger partial charge in [0, 0.05) is 11.1 Å². The van der Waals surface area contributed by atoms with Crippen LogP contribution in [0.5, 0.6) is 23.0 Å². The van der Waals surface area contributed by atoms with Crippen LogP contribution in [-0.4, -0.2) is 26.4 Å². The number of carbonyl (C=O) groups excluding carboxylic acids is 1. The number of hydrogen-bond acceptors (Lipinski definition) is 8. The third kappa shape index (κ3) is 4.22. The first-order valence-electron chi connectivity index (χ1n) is 7.84. The van der Waals surface area contributed by atoms with Gasteiger partial charge in [0.25, 0.3) is 0 Å². The molecule has 2 aromatic rings. The molecule has 0 aromatic heterocycles. The molecule has 0 amide bonds. The smallest absolute Gasteiger partial charge is 0.339 e. The Balaban J connectivity index is 0.000000277. The fourth-order valence-electron chi connectivity index (χ4n) is 2.60. The molecule has 0 saturated carbocycles. The summed E-state index contributed by atoms with van der Waals surface area (Å²) in [4.78, 5) is 33.6. The Morgan fingerprint density at radius 3 is 1.93 bits per heavy atom. The first kappa shape index (κ1) is 22.5.